The summed E-state index contributed by atoms with van der Waals surface area (Å²) >= 11 is 4.92. The lowest BCUT2D eigenvalue weighted by atomic mass is 10.2. The minimum atomic E-state index is -4.51. The van der Waals surface area contributed by atoms with Gasteiger partial charge in [0.2, 0.25) is 11.8 Å². The normalized spacial score (nSPS) is 11.4. The van der Waals surface area contributed by atoms with Crippen molar-refractivity contribution in [1.29, 1.82) is 0 Å². The summed E-state index contributed by atoms with van der Waals surface area (Å²) in [5, 5.41) is 4.04. The Morgan fingerprint density at radius 3 is 2.50 bits per heavy atom. The van der Waals surface area contributed by atoms with Crippen molar-refractivity contribution in [2.45, 2.75) is 12.6 Å². The summed E-state index contributed by atoms with van der Waals surface area (Å²) < 4.78 is 36.2. The third-order valence-electron chi connectivity index (χ3n) is 2.61. The number of carbonyl (C=O) groups excluding carboxylic acids is 2. The van der Waals surface area contributed by atoms with Gasteiger partial charge in [0.25, 0.3) is 0 Å². The third kappa shape index (κ3) is 4.58. The van der Waals surface area contributed by atoms with E-state index in [9.17, 15) is 22.8 Å². The summed E-state index contributed by atoms with van der Waals surface area (Å²) in [7, 11) is 0. The van der Waals surface area contributed by atoms with Crippen LogP contribution in [0.1, 0.15) is 6.42 Å². The number of nitrogens with one attached hydrogen (secondary N) is 4. The molecule has 2 amide bonds. The van der Waals surface area contributed by atoms with Crippen molar-refractivity contribution in [3.05, 3.63) is 23.0 Å². The molecule has 0 saturated heterocycles. The zero-order valence-electron chi connectivity index (χ0n) is 11.0. The predicted octanol–water partition coefficient (Wildman–Crippen LogP) is 2.23. The molecule has 0 aliphatic carbocycles. The number of imidazole rings is 1. The van der Waals surface area contributed by atoms with Crippen LogP contribution in [-0.4, -0.2) is 34.5 Å². The summed E-state index contributed by atoms with van der Waals surface area (Å²) in [4.78, 5) is 28.5. The number of aromatic amines is 2. The van der Waals surface area contributed by atoms with E-state index in [2.05, 4.69) is 15.3 Å². The van der Waals surface area contributed by atoms with Crippen molar-refractivity contribution in [3.63, 3.8) is 0 Å². The van der Waals surface area contributed by atoms with Crippen molar-refractivity contribution in [2.24, 2.45) is 0 Å². The molecule has 1 aromatic heterocycles. The molecule has 0 fully saturated rings. The Bertz CT molecular complexity index is 766. The van der Waals surface area contributed by atoms with E-state index in [0.717, 1.165) is 5.52 Å². The molecule has 2 rings (SSSR count). The number of benzene rings is 1. The number of halogens is 3. The zero-order chi connectivity index (χ0) is 16.3. The Kier molecular flexibility index (Phi) is 4.50. The van der Waals surface area contributed by atoms with Crippen LogP contribution in [0.25, 0.3) is 11.0 Å². The van der Waals surface area contributed by atoms with Gasteiger partial charge in [-0.2, -0.15) is 13.2 Å². The smallest absolute Gasteiger partial charge is 0.347 e. The molecular formula is C12H11F3N4O2S. The van der Waals surface area contributed by atoms with E-state index in [-0.39, 0.29) is 0 Å². The highest BCUT2D eigenvalue weighted by Crippen LogP contribution is 2.16. The lowest BCUT2D eigenvalue weighted by Crippen LogP contribution is -2.35. The van der Waals surface area contributed by atoms with E-state index in [1.165, 1.54) is 0 Å². The first-order valence-electron chi connectivity index (χ1n) is 6.08. The number of rotatable bonds is 4. The number of amides is 2. The minimum absolute atomic E-state index is 0.395. The largest absolute Gasteiger partial charge is 0.405 e. The van der Waals surface area contributed by atoms with E-state index in [1.807, 2.05) is 0 Å². The Labute approximate surface area is 127 Å². The molecule has 22 heavy (non-hydrogen) atoms. The first-order chi connectivity index (χ1) is 10.2. The Morgan fingerprint density at radius 1 is 1.14 bits per heavy atom. The summed E-state index contributed by atoms with van der Waals surface area (Å²) in [6, 6.07) is 4.83. The highest BCUT2D eigenvalue weighted by atomic mass is 32.1. The average Bonchev–Trinajstić information content (AvgIpc) is 2.74. The molecule has 0 aliphatic heterocycles. The predicted molar refractivity (Wildman–Crippen MR) is 75.8 cm³/mol. The van der Waals surface area contributed by atoms with Gasteiger partial charge in [0.1, 0.15) is 13.0 Å². The van der Waals surface area contributed by atoms with Gasteiger partial charge in [-0.1, -0.05) is 0 Å². The Morgan fingerprint density at radius 2 is 1.82 bits per heavy atom. The maximum atomic E-state index is 11.9. The van der Waals surface area contributed by atoms with Crippen molar-refractivity contribution >= 4 is 40.8 Å². The van der Waals surface area contributed by atoms with Crippen LogP contribution in [-0.2, 0) is 9.59 Å². The van der Waals surface area contributed by atoms with Crippen LogP contribution in [0, 0.1) is 4.77 Å². The van der Waals surface area contributed by atoms with Gasteiger partial charge in [-0.05, 0) is 30.4 Å². The van der Waals surface area contributed by atoms with E-state index >= 15 is 0 Å². The van der Waals surface area contributed by atoms with Crippen molar-refractivity contribution in [2.75, 3.05) is 11.9 Å². The van der Waals surface area contributed by atoms with Gasteiger partial charge in [0.15, 0.2) is 4.77 Å². The maximum absolute atomic E-state index is 11.9. The van der Waals surface area contributed by atoms with Crippen molar-refractivity contribution in [3.8, 4) is 0 Å². The van der Waals surface area contributed by atoms with Crippen LogP contribution in [0.3, 0.4) is 0 Å². The van der Waals surface area contributed by atoms with Crippen LogP contribution >= 0.6 is 12.2 Å². The molecule has 118 valence electrons. The van der Waals surface area contributed by atoms with Gasteiger partial charge in [-0.25, -0.2) is 0 Å². The van der Waals surface area contributed by atoms with Crippen LogP contribution in [0.2, 0.25) is 0 Å². The van der Waals surface area contributed by atoms with Gasteiger partial charge in [-0.3, -0.25) is 9.59 Å². The van der Waals surface area contributed by atoms with E-state index in [1.54, 1.807) is 23.5 Å². The number of hydrogen-bond acceptors (Lipinski definition) is 3. The molecule has 0 bridgehead atoms. The quantitative estimate of drug-likeness (QED) is 0.511. The fraction of sp³-hybridized carbons (Fsp3) is 0.250. The van der Waals surface area contributed by atoms with Crippen LogP contribution in [0.4, 0.5) is 18.9 Å². The van der Waals surface area contributed by atoms with Gasteiger partial charge < -0.3 is 20.6 Å². The zero-order valence-corrected chi connectivity index (χ0v) is 11.8. The molecule has 4 N–H and O–H groups in total. The Hall–Kier alpha value is -2.36. The molecule has 10 heteroatoms. The van der Waals surface area contributed by atoms with Crippen LogP contribution in [0.15, 0.2) is 18.2 Å². The van der Waals surface area contributed by atoms with Crippen LogP contribution < -0.4 is 10.6 Å². The van der Waals surface area contributed by atoms with E-state index in [0.29, 0.717) is 16.0 Å². The van der Waals surface area contributed by atoms with Gasteiger partial charge in [0.05, 0.1) is 11.0 Å². The first-order valence-corrected chi connectivity index (χ1v) is 6.49. The second kappa shape index (κ2) is 6.18. The van der Waals surface area contributed by atoms with Gasteiger partial charge in [-0.15, -0.1) is 0 Å². The molecule has 1 aromatic carbocycles. The van der Waals surface area contributed by atoms with E-state index < -0.39 is 31.0 Å². The molecule has 0 saturated carbocycles. The standard InChI is InChI=1S/C12H11F3N4O2S/c13-12(14,15)5-16-9(20)4-10(21)17-6-1-2-7-8(3-6)19-11(22)18-7/h1-3H,4-5H2,(H,16,20)(H,17,21)(H2,18,19,22). The number of alkyl halides is 3. The molecule has 0 unspecified atom stereocenters. The molecule has 2 aromatic rings. The lowest BCUT2D eigenvalue weighted by molar-refractivity contribution is -0.140. The van der Waals surface area contributed by atoms with Crippen molar-refractivity contribution in [1.82, 2.24) is 15.3 Å². The number of anilines is 1. The highest BCUT2D eigenvalue weighted by Gasteiger charge is 2.27. The first kappa shape index (κ1) is 16.0. The minimum Gasteiger partial charge on any atom is -0.347 e. The molecule has 0 atom stereocenters. The summed E-state index contributed by atoms with van der Waals surface area (Å²) in [6.07, 6.45) is -5.21. The monoisotopic (exact) mass is 332 g/mol. The third-order valence-corrected chi connectivity index (χ3v) is 2.81. The Balaban J connectivity index is 1.92. The van der Waals surface area contributed by atoms with Crippen LogP contribution in [0.5, 0.6) is 0 Å². The SMILES string of the molecule is O=C(CC(=O)Nc1ccc2[nH]c(=S)[nH]c2c1)NCC(F)(F)F. The second-order valence-electron chi connectivity index (χ2n) is 4.46. The highest BCUT2D eigenvalue weighted by molar-refractivity contribution is 7.71. The number of H-pyrrole nitrogens is 2. The van der Waals surface area contributed by atoms with Gasteiger partial charge in [0, 0.05) is 5.69 Å². The van der Waals surface area contributed by atoms with Crippen molar-refractivity contribution < 1.29 is 22.8 Å². The topological polar surface area (TPSA) is 89.8 Å². The molecule has 0 spiro atoms. The summed E-state index contributed by atoms with van der Waals surface area (Å²) in [5.41, 5.74) is 1.79. The lowest BCUT2D eigenvalue weighted by Gasteiger charge is -2.08. The molecule has 0 aliphatic rings. The maximum Gasteiger partial charge on any atom is 0.405 e. The molecular weight excluding hydrogens is 321 g/mol. The molecule has 1 heterocycles. The fourth-order valence-corrected chi connectivity index (χ4v) is 1.94. The summed E-state index contributed by atoms with van der Waals surface area (Å²) in [5.74, 6) is -1.72. The van der Waals surface area contributed by atoms with E-state index in [4.69, 9.17) is 12.2 Å². The fourth-order valence-electron chi connectivity index (χ4n) is 1.72. The summed E-state index contributed by atoms with van der Waals surface area (Å²) in [6.45, 7) is -1.47. The number of hydrogen-bond donors (Lipinski definition) is 4. The second-order valence-corrected chi connectivity index (χ2v) is 4.86. The molecule has 0 radical (unpaired) electrons. The van der Waals surface area contributed by atoms with Gasteiger partial charge >= 0.3 is 6.18 Å². The number of aromatic nitrogens is 2. The molecule has 6 nitrogen and oxygen atoms in total. The average molecular weight is 332 g/mol. The number of carbonyl (C=O) groups is 2. The number of fused-ring (bicyclic) bond motifs is 1.